The summed E-state index contributed by atoms with van der Waals surface area (Å²) in [6.45, 7) is -0.134. The first kappa shape index (κ1) is 15.5. The number of aliphatic carboxylic acids is 1. The number of benzene rings is 1. The van der Waals surface area contributed by atoms with Gasteiger partial charge in [-0.3, -0.25) is 0 Å². The third-order valence-corrected chi connectivity index (χ3v) is 3.69. The zero-order valence-electron chi connectivity index (χ0n) is 10.0. The fourth-order valence-electron chi connectivity index (χ4n) is 1.24. The first-order valence-corrected chi connectivity index (χ1v) is 7.05. The van der Waals surface area contributed by atoms with E-state index in [-0.39, 0.29) is 23.9 Å². The summed E-state index contributed by atoms with van der Waals surface area (Å²) in [5.74, 6) is -1.91. The molecule has 0 heterocycles. The quantitative estimate of drug-likeness (QED) is 0.527. The van der Waals surface area contributed by atoms with Crippen molar-refractivity contribution in [3.05, 3.63) is 30.1 Å². The number of carboxylic acid groups (broad SMARTS) is 1. The third kappa shape index (κ3) is 5.77. The molecule has 0 aliphatic carbocycles. The Bertz CT molecular complexity index is 514. The van der Waals surface area contributed by atoms with Crippen LogP contribution < -0.4 is 5.32 Å². The van der Waals surface area contributed by atoms with E-state index in [0.29, 0.717) is 0 Å². The molecule has 0 radical (unpaired) electrons. The zero-order valence-corrected chi connectivity index (χ0v) is 10.8. The van der Waals surface area contributed by atoms with Crippen molar-refractivity contribution in [2.24, 2.45) is 0 Å². The first-order chi connectivity index (χ1) is 8.92. The molecule has 1 aromatic rings. The second-order valence-corrected chi connectivity index (χ2v) is 5.65. The van der Waals surface area contributed by atoms with E-state index in [1.54, 1.807) is 0 Å². The van der Waals surface area contributed by atoms with E-state index in [0.717, 1.165) is 12.1 Å². The molecular formula is C11H14FNO5S. The number of carbonyl (C=O) groups is 1. The largest absolute Gasteiger partial charge is 0.480 e. The summed E-state index contributed by atoms with van der Waals surface area (Å²) in [7, 11) is -3.53. The molecule has 0 bridgehead atoms. The molecule has 19 heavy (non-hydrogen) atoms. The van der Waals surface area contributed by atoms with Crippen LogP contribution in [0.1, 0.15) is 0 Å². The Kier molecular flexibility index (Phi) is 5.87. The molecule has 0 saturated carbocycles. The van der Waals surface area contributed by atoms with Gasteiger partial charge in [0.15, 0.2) is 9.84 Å². The number of rotatable bonds is 8. The maximum Gasteiger partial charge on any atom is 0.329 e. The van der Waals surface area contributed by atoms with Crippen molar-refractivity contribution in [1.82, 2.24) is 5.32 Å². The summed E-state index contributed by atoms with van der Waals surface area (Å²) in [6, 6.07) is 4.52. The lowest BCUT2D eigenvalue weighted by Gasteiger charge is -2.06. The van der Waals surface area contributed by atoms with Crippen LogP contribution in [-0.4, -0.2) is 45.1 Å². The summed E-state index contributed by atoms with van der Waals surface area (Å²) in [6.07, 6.45) is 0. The van der Waals surface area contributed by atoms with Gasteiger partial charge in [0.25, 0.3) is 0 Å². The third-order valence-electron chi connectivity index (χ3n) is 2.11. The van der Waals surface area contributed by atoms with Gasteiger partial charge in [0, 0.05) is 6.54 Å². The molecule has 0 unspecified atom stereocenters. The number of hydrogen-bond acceptors (Lipinski definition) is 5. The number of halogens is 1. The van der Waals surface area contributed by atoms with Crippen molar-refractivity contribution in [2.45, 2.75) is 4.90 Å². The summed E-state index contributed by atoms with van der Waals surface area (Å²) < 4.78 is 40.9. The number of sulfone groups is 1. The van der Waals surface area contributed by atoms with Crippen LogP contribution in [0, 0.1) is 5.82 Å². The van der Waals surface area contributed by atoms with Crippen molar-refractivity contribution < 1.29 is 27.4 Å². The van der Waals surface area contributed by atoms with E-state index in [1.165, 1.54) is 12.1 Å². The number of carboxylic acids is 1. The Hall–Kier alpha value is -1.51. The number of hydrogen-bond donors (Lipinski definition) is 2. The van der Waals surface area contributed by atoms with Crippen LogP contribution >= 0.6 is 0 Å². The minimum absolute atomic E-state index is 0.0212. The molecule has 1 rings (SSSR count). The Morgan fingerprint density at radius 2 is 1.95 bits per heavy atom. The first-order valence-electron chi connectivity index (χ1n) is 5.40. The Morgan fingerprint density at radius 1 is 1.32 bits per heavy atom. The van der Waals surface area contributed by atoms with Crippen LogP contribution in [0.3, 0.4) is 0 Å². The van der Waals surface area contributed by atoms with E-state index in [9.17, 15) is 17.6 Å². The summed E-state index contributed by atoms with van der Waals surface area (Å²) in [5.41, 5.74) is 0. The van der Waals surface area contributed by atoms with Gasteiger partial charge in [-0.1, -0.05) is 0 Å². The van der Waals surface area contributed by atoms with E-state index in [2.05, 4.69) is 5.32 Å². The average molecular weight is 291 g/mol. The second-order valence-electron chi connectivity index (χ2n) is 3.66. The normalized spacial score (nSPS) is 11.4. The van der Waals surface area contributed by atoms with Crippen LogP contribution in [0.2, 0.25) is 0 Å². The van der Waals surface area contributed by atoms with Crippen molar-refractivity contribution in [3.63, 3.8) is 0 Å². The molecule has 6 nitrogen and oxygen atoms in total. The Balaban J connectivity index is 2.35. The minimum Gasteiger partial charge on any atom is -0.480 e. The smallest absolute Gasteiger partial charge is 0.329 e. The summed E-state index contributed by atoms with van der Waals surface area (Å²) in [5, 5.41) is 10.9. The maximum atomic E-state index is 12.7. The van der Waals surface area contributed by atoms with Crippen LogP contribution in [-0.2, 0) is 19.4 Å². The van der Waals surface area contributed by atoms with Gasteiger partial charge in [-0.2, -0.15) is 0 Å². The topological polar surface area (TPSA) is 92.7 Å². The molecule has 8 heteroatoms. The summed E-state index contributed by atoms with van der Waals surface area (Å²) in [4.78, 5) is 10.2. The molecule has 0 saturated heterocycles. The van der Waals surface area contributed by atoms with Crippen LogP contribution in [0.5, 0.6) is 0 Å². The van der Waals surface area contributed by atoms with Gasteiger partial charge in [0.05, 0.1) is 11.5 Å². The monoisotopic (exact) mass is 291 g/mol. The predicted octanol–water partition coefficient (Wildman–Crippen LogP) is 0.248. The lowest BCUT2D eigenvalue weighted by atomic mass is 10.4. The number of ether oxygens (including phenoxy) is 1. The van der Waals surface area contributed by atoms with Gasteiger partial charge in [-0.15, -0.1) is 0 Å². The van der Waals surface area contributed by atoms with Gasteiger partial charge < -0.3 is 15.2 Å². The van der Waals surface area contributed by atoms with Gasteiger partial charge in [0.2, 0.25) is 0 Å². The molecule has 2 N–H and O–H groups in total. The average Bonchev–Trinajstić information content (AvgIpc) is 2.34. The predicted molar refractivity (Wildman–Crippen MR) is 64.9 cm³/mol. The molecule has 0 spiro atoms. The Labute approximate surface area is 110 Å². The second kappa shape index (κ2) is 7.17. The van der Waals surface area contributed by atoms with Crippen molar-refractivity contribution in [3.8, 4) is 0 Å². The van der Waals surface area contributed by atoms with Gasteiger partial charge in [0.1, 0.15) is 18.3 Å². The van der Waals surface area contributed by atoms with Crippen LogP contribution in [0.25, 0.3) is 0 Å². The molecular weight excluding hydrogens is 277 g/mol. The minimum atomic E-state index is -3.53. The van der Waals surface area contributed by atoms with Crippen molar-refractivity contribution >= 4 is 15.8 Å². The number of nitrogens with one attached hydrogen (secondary N) is 1. The van der Waals surface area contributed by atoms with Crippen molar-refractivity contribution in [2.75, 3.05) is 25.6 Å². The van der Waals surface area contributed by atoms with E-state index < -0.39 is 28.2 Å². The highest BCUT2D eigenvalue weighted by atomic mass is 32.2. The highest BCUT2D eigenvalue weighted by molar-refractivity contribution is 7.91. The van der Waals surface area contributed by atoms with E-state index >= 15 is 0 Å². The highest BCUT2D eigenvalue weighted by Crippen LogP contribution is 2.10. The molecule has 0 atom stereocenters. The van der Waals surface area contributed by atoms with Gasteiger partial charge in [-0.25, -0.2) is 17.6 Å². The molecule has 0 aromatic heterocycles. The van der Waals surface area contributed by atoms with Crippen molar-refractivity contribution in [1.29, 1.82) is 0 Å². The zero-order chi connectivity index (χ0) is 14.3. The molecule has 1 aromatic carbocycles. The molecule has 0 fully saturated rings. The van der Waals surface area contributed by atoms with Crippen LogP contribution in [0.4, 0.5) is 4.39 Å². The SMILES string of the molecule is O=C(O)COCCNCS(=O)(=O)c1ccc(F)cc1. The lowest BCUT2D eigenvalue weighted by molar-refractivity contribution is -0.142. The lowest BCUT2D eigenvalue weighted by Crippen LogP contribution is -2.27. The standard InChI is InChI=1S/C11H14FNO5S/c12-9-1-3-10(4-2-9)19(16,17)8-13-5-6-18-7-11(14)15/h1-4,13H,5-8H2,(H,14,15). The fourth-order valence-corrected chi connectivity index (χ4v) is 2.37. The van der Waals surface area contributed by atoms with Gasteiger partial charge in [-0.05, 0) is 24.3 Å². The molecule has 0 amide bonds. The highest BCUT2D eigenvalue weighted by Gasteiger charge is 2.13. The molecule has 106 valence electrons. The van der Waals surface area contributed by atoms with Crippen LogP contribution in [0.15, 0.2) is 29.2 Å². The Morgan fingerprint density at radius 3 is 2.53 bits per heavy atom. The summed E-state index contributed by atoms with van der Waals surface area (Å²) >= 11 is 0. The maximum absolute atomic E-state index is 12.7. The van der Waals surface area contributed by atoms with Gasteiger partial charge >= 0.3 is 5.97 Å². The van der Waals surface area contributed by atoms with E-state index in [4.69, 9.17) is 9.84 Å². The molecule has 0 aliphatic rings. The molecule has 0 aliphatic heterocycles. The van der Waals surface area contributed by atoms with E-state index in [1.807, 2.05) is 0 Å². The fraction of sp³-hybridized carbons (Fsp3) is 0.364.